The molecule has 0 aliphatic carbocycles. The van der Waals surface area contributed by atoms with Gasteiger partial charge in [0.2, 0.25) is 5.91 Å². The fraction of sp³-hybridized carbons (Fsp3) is 0.300. The first-order valence-corrected chi connectivity index (χ1v) is 4.41. The number of primary amides is 1. The Balaban J connectivity index is 0.000000288. The highest BCUT2D eigenvalue weighted by Crippen LogP contribution is 1.91. The highest BCUT2D eigenvalue weighted by molar-refractivity contribution is 5.92. The average molecular weight is 210 g/mol. The lowest BCUT2D eigenvalue weighted by atomic mass is 10.3. The van der Waals surface area contributed by atoms with Crippen LogP contribution in [0.15, 0.2) is 24.5 Å². The summed E-state index contributed by atoms with van der Waals surface area (Å²) in [7, 11) is 0. The monoisotopic (exact) mass is 210 g/mol. The van der Waals surface area contributed by atoms with E-state index in [1.165, 1.54) is 13.1 Å². The molecule has 1 aromatic heterocycles. The second-order valence-corrected chi connectivity index (χ2v) is 2.53. The second kappa shape index (κ2) is 7.49. The maximum atomic E-state index is 10.4. The molecule has 0 fully saturated rings. The predicted octanol–water partition coefficient (Wildman–Crippen LogP) is 0.750. The van der Waals surface area contributed by atoms with Gasteiger partial charge in [-0.1, -0.05) is 0 Å². The van der Waals surface area contributed by atoms with Gasteiger partial charge in [0.1, 0.15) is 0 Å². The molecule has 0 atom stereocenters. The molecule has 0 spiro atoms. The standard InChI is InChI=1S/C6H6N2O.C4H8O2/c7-6(9)5-2-1-3-8-4-5;1-3-6-4(2)5/h1-4H,(H2,7,9);3H2,1-2H3. The van der Waals surface area contributed by atoms with Gasteiger partial charge in [-0.3, -0.25) is 14.6 Å². The number of aromatic nitrogens is 1. The molecule has 1 amide bonds. The number of hydrogen-bond acceptors (Lipinski definition) is 4. The van der Waals surface area contributed by atoms with Crippen LogP contribution in [-0.4, -0.2) is 23.5 Å². The van der Waals surface area contributed by atoms with Crippen LogP contribution in [0.4, 0.5) is 0 Å². The molecule has 5 heteroatoms. The largest absolute Gasteiger partial charge is 0.466 e. The topological polar surface area (TPSA) is 82.3 Å². The molecule has 5 nitrogen and oxygen atoms in total. The van der Waals surface area contributed by atoms with Crippen LogP contribution in [0, 0.1) is 0 Å². The molecule has 0 aromatic carbocycles. The van der Waals surface area contributed by atoms with Crippen LogP contribution in [0.5, 0.6) is 0 Å². The Bertz CT molecular complexity index is 312. The third kappa shape index (κ3) is 7.18. The summed E-state index contributed by atoms with van der Waals surface area (Å²) < 4.78 is 4.40. The van der Waals surface area contributed by atoms with Crippen molar-refractivity contribution in [2.45, 2.75) is 13.8 Å². The van der Waals surface area contributed by atoms with Crippen molar-refractivity contribution in [3.8, 4) is 0 Å². The van der Waals surface area contributed by atoms with Crippen LogP contribution in [-0.2, 0) is 9.53 Å². The quantitative estimate of drug-likeness (QED) is 0.730. The van der Waals surface area contributed by atoms with Crippen molar-refractivity contribution in [3.05, 3.63) is 30.1 Å². The van der Waals surface area contributed by atoms with Gasteiger partial charge in [0, 0.05) is 19.3 Å². The second-order valence-electron chi connectivity index (χ2n) is 2.53. The van der Waals surface area contributed by atoms with Gasteiger partial charge in [-0.05, 0) is 19.1 Å². The Morgan fingerprint density at radius 3 is 2.40 bits per heavy atom. The fourth-order valence-corrected chi connectivity index (χ4v) is 0.712. The summed E-state index contributed by atoms with van der Waals surface area (Å²) in [4.78, 5) is 23.9. The number of carbonyl (C=O) groups is 2. The number of rotatable bonds is 2. The SMILES string of the molecule is CCOC(C)=O.NC(=O)c1cccnc1. The van der Waals surface area contributed by atoms with Crippen LogP contribution in [0.2, 0.25) is 0 Å². The molecule has 1 heterocycles. The van der Waals surface area contributed by atoms with Gasteiger partial charge in [0.15, 0.2) is 0 Å². The Labute approximate surface area is 88.3 Å². The lowest BCUT2D eigenvalue weighted by Crippen LogP contribution is -2.10. The van der Waals surface area contributed by atoms with Crippen molar-refractivity contribution in [3.63, 3.8) is 0 Å². The summed E-state index contributed by atoms with van der Waals surface area (Å²) in [5.74, 6) is -0.652. The van der Waals surface area contributed by atoms with Crippen molar-refractivity contribution in [1.29, 1.82) is 0 Å². The first-order chi connectivity index (χ1) is 7.07. The van der Waals surface area contributed by atoms with E-state index in [0.717, 1.165) is 0 Å². The van der Waals surface area contributed by atoms with Gasteiger partial charge in [-0.2, -0.15) is 0 Å². The maximum Gasteiger partial charge on any atom is 0.302 e. The van der Waals surface area contributed by atoms with E-state index < -0.39 is 5.91 Å². The van der Waals surface area contributed by atoms with E-state index in [-0.39, 0.29) is 5.97 Å². The lowest BCUT2D eigenvalue weighted by molar-refractivity contribution is -0.140. The molecule has 0 unspecified atom stereocenters. The van der Waals surface area contributed by atoms with E-state index in [1.807, 2.05) is 0 Å². The maximum absolute atomic E-state index is 10.4. The number of ether oxygens (including phenoxy) is 1. The molecule has 2 N–H and O–H groups in total. The van der Waals surface area contributed by atoms with Gasteiger partial charge >= 0.3 is 5.97 Å². The van der Waals surface area contributed by atoms with Crippen LogP contribution < -0.4 is 5.73 Å². The predicted molar refractivity (Wildman–Crippen MR) is 55.1 cm³/mol. The van der Waals surface area contributed by atoms with Crippen LogP contribution in [0.25, 0.3) is 0 Å². The molecule has 1 rings (SSSR count). The van der Waals surface area contributed by atoms with E-state index in [2.05, 4.69) is 9.72 Å². The number of hydrogen-bond donors (Lipinski definition) is 1. The van der Waals surface area contributed by atoms with Crippen LogP contribution >= 0.6 is 0 Å². The number of nitrogens with zero attached hydrogens (tertiary/aromatic N) is 1. The molecule has 0 aliphatic rings. The summed E-state index contributed by atoms with van der Waals surface area (Å²) in [6.07, 6.45) is 3.02. The number of carbonyl (C=O) groups excluding carboxylic acids is 2. The van der Waals surface area contributed by atoms with Gasteiger partial charge < -0.3 is 10.5 Å². The van der Waals surface area contributed by atoms with Crippen molar-refractivity contribution in [2.24, 2.45) is 5.73 Å². The third-order valence-corrected chi connectivity index (χ3v) is 1.29. The molecule has 82 valence electrons. The Kier molecular flexibility index (Phi) is 6.54. The highest BCUT2D eigenvalue weighted by Gasteiger charge is 1.94. The minimum Gasteiger partial charge on any atom is -0.466 e. The van der Waals surface area contributed by atoms with Crippen LogP contribution in [0.3, 0.4) is 0 Å². The van der Waals surface area contributed by atoms with E-state index in [4.69, 9.17) is 5.73 Å². The number of pyridine rings is 1. The summed E-state index contributed by atoms with van der Waals surface area (Å²) in [5, 5.41) is 0. The minimum absolute atomic E-state index is 0.211. The van der Waals surface area contributed by atoms with E-state index in [1.54, 1.807) is 25.3 Å². The smallest absolute Gasteiger partial charge is 0.302 e. The van der Waals surface area contributed by atoms with Gasteiger partial charge in [0.05, 0.1) is 12.2 Å². The summed E-state index contributed by atoms with van der Waals surface area (Å²) in [6, 6.07) is 3.29. The third-order valence-electron chi connectivity index (χ3n) is 1.29. The van der Waals surface area contributed by atoms with E-state index in [0.29, 0.717) is 12.2 Å². The average Bonchev–Trinajstić information content (AvgIpc) is 2.20. The van der Waals surface area contributed by atoms with Gasteiger partial charge in [-0.25, -0.2) is 0 Å². The Morgan fingerprint density at radius 2 is 2.20 bits per heavy atom. The zero-order chi connectivity index (χ0) is 11.7. The minimum atomic E-state index is -0.442. The van der Waals surface area contributed by atoms with Crippen molar-refractivity contribution >= 4 is 11.9 Å². The Hall–Kier alpha value is -1.91. The normalized spacial score (nSPS) is 8.40. The Morgan fingerprint density at radius 1 is 1.53 bits per heavy atom. The van der Waals surface area contributed by atoms with Gasteiger partial charge in [-0.15, -0.1) is 0 Å². The highest BCUT2D eigenvalue weighted by atomic mass is 16.5. The molecular formula is C10H14N2O3. The number of nitrogens with two attached hydrogens (primary N) is 1. The molecule has 0 bridgehead atoms. The molecule has 15 heavy (non-hydrogen) atoms. The first-order valence-electron chi connectivity index (χ1n) is 4.41. The van der Waals surface area contributed by atoms with Gasteiger partial charge in [0.25, 0.3) is 0 Å². The zero-order valence-corrected chi connectivity index (χ0v) is 8.77. The molecule has 1 aromatic rings. The van der Waals surface area contributed by atoms with Crippen LogP contribution in [0.1, 0.15) is 24.2 Å². The number of amides is 1. The lowest BCUT2D eigenvalue weighted by Gasteiger charge is -1.89. The molecule has 0 radical (unpaired) electrons. The molecule has 0 saturated carbocycles. The molecule has 0 aliphatic heterocycles. The fourth-order valence-electron chi connectivity index (χ4n) is 0.712. The molecule has 0 saturated heterocycles. The zero-order valence-electron chi connectivity index (χ0n) is 8.77. The summed E-state index contributed by atoms with van der Waals surface area (Å²) in [5.41, 5.74) is 5.38. The van der Waals surface area contributed by atoms with E-state index >= 15 is 0 Å². The van der Waals surface area contributed by atoms with Crippen molar-refractivity contribution in [2.75, 3.05) is 6.61 Å². The first kappa shape index (κ1) is 13.1. The molecular weight excluding hydrogens is 196 g/mol. The summed E-state index contributed by atoms with van der Waals surface area (Å²) in [6.45, 7) is 3.65. The number of esters is 1. The van der Waals surface area contributed by atoms with Crippen molar-refractivity contribution < 1.29 is 14.3 Å². The van der Waals surface area contributed by atoms with E-state index in [9.17, 15) is 9.59 Å². The summed E-state index contributed by atoms with van der Waals surface area (Å²) >= 11 is 0. The van der Waals surface area contributed by atoms with Crippen molar-refractivity contribution in [1.82, 2.24) is 4.98 Å².